The molecule has 0 bridgehead atoms. The second kappa shape index (κ2) is 3.65. The molecule has 0 aliphatic carbocycles. The summed E-state index contributed by atoms with van der Waals surface area (Å²) in [5.74, 6) is 0.283. The van der Waals surface area contributed by atoms with Crippen LogP contribution in [0.5, 0.6) is 0 Å². The van der Waals surface area contributed by atoms with E-state index in [1.54, 1.807) is 24.4 Å². The zero-order valence-electron chi connectivity index (χ0n) is 7.14. The standard InChI is InChI=1S/C8H7N5O/c14-8(7-10-5-11-13-7)12-6-3-1-2-4-9-6/h1-5H,(H,9,12,14)(H,10,11,13). The van der Waals surface area contributed by atoms with Crippen LogP contribution in [0, 0.1) is 0 Å². The van der Waals surface area contributed by atoms with Gasteiger partial charge in [-0.2, -0.15) is 5.10 Å². The SMILES string of the molecule is O=C(Nc1ccccn1)c1ncn[nH]1. The van der Waals surface area contributed by atoms with Crippen molar-refractivity contribution in [2.75, 3.05) is 5.32 Å². The fourth-order valence-corrected chi connectivity index (χ4v) is 0.927. The third-order valence-corrected chi connectivity index (χ3v) is 1.54. The molecule has 2 heterocycles. The van der Waals surface area contributed by atoms with Crippen molar-refractivity contribution in [1.29, 1.82) is 0 Å². The Balaban J connectivity index is 2.10. The van der Waals surface area contributed by atoms with E-state index in [4.69, 9.17) is 0 Å². The predicted molar refractivity (Wildman–Crippen MR) is 48.6 cm³/mol. The Morgan fingerprint density at radius 2 is 2.29 bits per heavy atom. The molecular weight excluding hydrogens is 182 g/mol. The van der Waals surface area contributed by atoms with Crippen molar-refractivity contribution in [2.24, 2.45) is 0 Å². The number of pyridine rings is 1. The fourth-order valence-electron chi connectivity index (χ4n) is 0.927. The summed E-state index contributed by atoms with van der Waals surface area (Å²) < 4.78 is 0. The number of anilines is 1. The van der Waals surface area contributed by atoms with E-state index < -0.39 is 0 Å². The number of amides is 1. The van der Waals surface area contributed by atoms with Crippen LogP contribution in [0.15, 0.2) is 30.7 Å². The maximum absolute atomic E-state index is 11.4. The minimum Gasteiger partial charge on any atom is -0.304 e. The lowest BCUT2D eigenvalue weighted by atomic mass is 10.4. The molecule has 2 aromatic rings. The minimum absolute atomic E-state index is 0.163. The van der Waals surface area contributed by atoms with Gasteiger partial charge in [0.05, 0.1) is 0 Å². The number of carbonyl (C=O) groups is 1. The Morgan fingerprint density at radius 3 is 2.93 bits per heavy atom. The van der Waals surface area contributed by atoms with E-state index in [0.717, 1.165) is 0 Å². The Kier molecular flexibility index (Phi) is 2.18. The van der Waals surface area contributed by atoms with Gasteiger partial charge < -0.3 is 5.32 Å². The van der Waals surface area contributed by atoms with Crippen molar-refractivity contribution in [3.8, 4) is 0 Å². The molecule has 14 heavy (non-hydrogen) atoms. The Labute approximate surface area is 79.4 Å². The van der Waals surface area contributed by atoms with Crippen molar-refractivity contribution in [3.63, 3.8) is 0 Å². The van der Waals surface area contributed by atoms with Crippen LogP contribution in [0.25, 0.3) is 0 Å². The molecule has 1 amide bonds. The lowest BCUT2D eigenvalue weighted by molar-refractivity contribution is 0.101. The molecule has 0 aliphatic rings. The minimum atomic E-state index is -0.360. The van der Waals surface area contributed by atoms with Crippen LogP contribution in [0.3, 0.4) is 0 Å². The maximum atomic E-state index is 11.4. The maximum Gasteiger partial charge on any atom is 0.294 e. The first-order chi connectivity index (χ1) is 6.86. The molecule has 2 N–H and O–H groups in total. The van der Waals surface area contributed by atoms with Crippen molar-refractivity contribution < 1.29 is 4.79 Å². The molecule has 0 aliphatic heterocycles. The number of hydrogen-bond acceptors (Lipinski definition) is 4. The lowest BCUT2D eigenvalue weighted by Crippen LogP contribution is -2.14. The summed E-state index contributed by atoms with van der Waals surface area (Å²) in [5.41, 5.74) is 0. The van der Waals surface area contributed by atoms with Gasteiger partial charge in [-0.15, -0.1) is 0 Å². The van der Waals surface area contributed by atoms with E-state index in [0.29, 0.717) is 5.82 Å². The average Bonchev–Trinajstić information content (AvgIpc) is 2.72. The zero-order chi connectivity index (χ0) is 9.80. The average molecular weight is 189 g/mol. The summed E-state index contributed by atoms with van der Waals surface area (Å²) in [6.07, 6.45) is 2.86. The lowest BCUT2D eigenvalue weighted by Gasteiger charge is -1.99. The van der Waals surface area contributed by atoms with Crippen molar-refractivity contribution >= 4 is 11.7 Å². The van der Waals surface area contributed by atoms with Gasteiger partial charge in [0.1, 0.15) is 12.1 Å². The van der Waals surface area contributed by atoms with Gasteiger partial charge in [0.25, 0.3) is 5.91 Å². The fraction of sp³-hybridized carbons (Fsp3) is 0. The normalized spacial score (nSPS) is 9.71. The van der Waals surface area contributed by atoms with E-state index >= 15 is 0 Å². The first-order valence-corrected chi connectivity index (χ1v) is 3.94. The molecule has 70 valence electrons. The van der Waals surface area contributed by atoms with Gasteiger partial charge in [-0.1, -0.05) is 6.07 Å². The molecule has 2 rings (SSSR count). The summed E-state index contributed by atoms with van der Waals surface area (Å²) >= 11 is 0. The van der Waals surface area contributed by atoms with Gasteiger partial charge in [0.2, 0.25) is 5.82 Å². The molecule has 0 spiro atoms. The van der Waals surface area contributed by atoms with E-state index in [-0.39, 0.29) is 11.7 Å². The summed E-state index contributed by atoms with van der Waals surface area (Å²) in [5, 5.41) is 8.58. The van der Waals surface area contributed by atoms with Crippen LogP contribution < -0.4 is 5.32 Å². The molecule has 0 saturated carbocycles. The van der Waals surface area contributed by atoms with Crippen LogP contribution in [0.4, 0.5) is 5.82 Å². The van der Waals surface area contributed by atoms with Crippen LogP contribution in [0.1, 0.15) is 10.6 Å². The van der Waals surface area contributed by atoms with Crippen LogP contribution >= 0.6 is 0 Å². The number of rotatable bonds is 2. The highest BCUT2D eigenvalue weighted by atomic mass is 16.2. The van der Waals surface area contributed by atoms with Crippen molar-refractivity contribution in [1.82, 2.24) is 20.2 Å². The number of hydrogen-bond donors (Lipinski definition) is 2. The molecule has 0 aromatic carbocycles. The molecule has 0 saturated heterocycles. The first-order valence-electron chi connectivity index (χ1n) is 3.94. The van der Waals surface area contributed by atoms with Crippen LogP contribution in [0.2, 0.25) is 0 Å². The monoisotopic (exact) mass is 189 g/mol. The summed E-state index contributed by atoms with van der Waals surface area (Å²) in [7, 11) is 0. The molecule has 2 aromatic heterocycles. The number of carbonyl (C=O) groups excluding carboxylic acids is 1. The van der Waals surface area contributed by atoms with E-state index in [1.807, 2.05) is 0 Å². The predicted octanol–water partition coefficient (Wildman–Crippen LogP) is 0.452. The molecule has 6 heteroatoms. The number of aromatic nitrogens is 4. The van der Waals surface area contributed by atoms with Gasteiger partial charge in [0.15, 0.2) is 0 Å². The highest BCUT2D eigenvalue weighted by Gasteiger charge is 2.08. The van der Waals surface area contributed by atoms with Crippen LogP contribution in [-0.2, 0) is 0 Å². The molecular formula is C8H7N5O. The second-order valence-electron chi connectivity index (χ2n) is 2.50. The number of nitrogens with zero attached hydrogens (tertiary/aromatic N) is 3. The topological polar surface area (TPSA) is 83.6 Å². The summed E-state index contributed by atoms with van der Waals surface area (Å²) in [6.45, 7) is 0. The second-order valence-corrected chi connectivity index (χ2v) is 2.50. The van der Waals surface area contributed by atoms with Crippen molar-refractivity contribution in [3.05, 3.63) is 36.5 Å². The van der Waals surface area contributed by atoms with Crippen LogP contribution in [-0.4, -0.2) is 26.1 Å². The van der Waals surface area contributed by atoms with Gasteiger partial charge in [-0.25, -0.2) is 9.97 Å². The largest absolute Gasteiger partial charge is 0.304 e. The molecule has 0 radical (unpaired) electrons. The van der Waals surface area contributed by atoms with Gasteiger partial charge >= 0.3 is 0 Å². The van der Waals surface area contributed by atoms with E-state index in [2.05, 4.69) is 25.5 Å². The van der Waals surface area contributed by atoms with Gasteiger partial charge in [0, 0.05) is 6.20 Å². The Morgan fingerprint density at radius 1 is 1.36 bits per heavy atom. The van der Waals surface area contributed by atoms with Gasteiger partial charge in [-0.3, -0.25) is 9.89 Å². The highest BCUT2D eigenvalue weighted by Crippen LogP contribution is 2.01. The Hall–Kier alpha value is -2.24. The van der Waals surface area contributed by atoms with Crippen molar-refractivity contribution in [2.45, 2.75) is 0 Å². The van der Waals surface area contributed by atoms with Gasteiger partial charge in [-0.05, 0) is 12.1 Å². The number of aromatic amines is 1. The van der Waals surface area contributed by atoms with E-state index in [9.17, 15) is 4.79 Å². The quantitative estimate of drug-likeness (QED) is 0.718. The first kappa shape index (κ1) is 8.36. The highest BCUT2D eigenvalue weighted by molar-refractivity contribution is 6.00. The molecule has 6 nitrogen and oxygen atoms in total. The summed E-state index contributed by atoms with van der Waals surface area (Å²) in [4.78, 5) is 19.0. The molecule has 0 atom stereocenters. The Bertz CT molecular complexity index is 411. The molecule has 0 fully saturated rings. The molecule has 0 unspecified atom stereocenters. The smallest absolute Gasteiger partial charge is 0.294 e. The summed E-state index contributed by atoms with van der Waals surface area (Å²) in [6, 6.07) is 5.24. The third-order valence-electron chi connectivity index (χ3n) is 1.54. The number of H-pyrrole nitrogens is 1. The zero-order valence-corrected chi connectivity index (χ0v) is 7.14. The number of nitrogens with one attached hydrogen (secondary N) is 2. The van der Waals surface area contributed by atoms with E-state index in [1.165, 1.54) is 6.33 Å². The third kappa shape index (κ3) is 1.74.